The van der Waals surface area contributed by atoms with Gasteiger partial charge in [0.05, 0.1) is 39.3 Å². The maximum atomic E-state index is 12.9. The Labute approximate surface area is 276 Å². The first-order valence-electron chi connectivity index (χ1n) is 16.1. The predicted octanol–water partition coefficient (Wildman–Crippen LogP) is 6.26. The van der Waals surface area contributed by atoms with Crippen LogP contribution in [0.5, 0.6) is 11.5 Å². The minimum absolute atomic E-state index is 0.0620. The molecule has 0 aliphatic heterocycles. The van der Waals surface area contributed by atoms with Crippen molar-refractivity contribution in [3.63, 3.8) is 0 Å². The maximum absolute atomic E-state index is 12.9. The van der Waals surface area contributed by atoms with Gasteiger partial charge < -0.3 is 28.2 Å². The van der Waals surface area contributed by atoms with E-state index in [9.17, 15) is 19.2 Å². The number of quaternary nitrogens is 2. The molecule has 0 saturated carbocycles. The summed E-state index contributed by atoms with van der Waals surface area (Å²) < 4.78 is 12.0. The van der Waals surface area contributed by atoms with Gasteiger partial charge in [-0.1, -0.05) is 37.1 Å². The Kier molecular flexibility index (Phi) is 14.4. The van der Waals surface area contributed by atoms with Crippen LogP contribution in [0.3, 0.4) is 0 Å². The molecule has 0 N–H and O–H groups in total. The highest BCUT2D eigenvalue weighted by molar-refractivity contribution is 5.80. The third-order valence-electron chi connectivity index (χ3n) is 8.79. The zero-order valence-corrected chi connectivity index (χ0v) is 29.7. The van der Waals surface area contributed by atoms with E-state index < -0.39 is 12.2 Å². The fraction of sp³-hybridized carbons (Fsp3) is 0.556. The number of rotatable bonds is 17. The van der Waals surface area contributed by atoms with Gasteiger partial charge >= 0.3 is 12.2 Å². The van der Waals surface area contributed by atoms with Gasteiger partial charge in [-0.3, -0.25) is 9.59 Å². The van der Waals surface area contributed by atoms with E-state index in [1.807, 2.05) is 78.4 Å². The Balaban J connectivity index is 1.80. The molecule has 0 bridgehead atoms. The van der Waals surface area contributed by atoms with E-state index in [2.05, 4.69) is 0 Å². The van der Waals surface area contributed by atoms with Crippen LogP contribution in [0.25, 0.3) is 0 Å². The highest BCUT2D eigenvalue weighted by Gasteiger charge is 2.32. The molecule has 0 spiro atoms. The molecule has 0 saturated heterocycles. The van der Waals surface area contributed by atoms with Crippen molar-refractivity contribution in [3.8, 4) is 11.5 Å². The summed E-state index contributed by atoms with van der Waals surface area (Å²) in [6, 6.07) is 14.8. The average molecular weight is 641 g/mol. The van der Waals surface area contributed by atoms with Gasteiger partial charge in [0.25, 0.3) is 0 Å². The second-order valence-corrected chi connectivity index (χ2v) is 13.8. The molecule has 0 heterocycles. The highest BCUT2D eigenvalue weighted by atomic mass is 16.6. The molecular formula is C36H56N4O6+2. The molecule has 0 aromatic heterocycles. The molecule has 2 aromatic rings. The highest BCUT2D eigenvalue weighted by Crippen LogP contribution is 2.33. The van der Waals surface area contributed by atoms with E-state index in [-0.39, 0.29) is 23.7 Å². The van der Waals surface area contributed by atoms with E-state index in [1.165, 1.54) is 9.80 Å². The molecule has 2 atom stereocenters. The number of carbonyl (C=O) groups excluding carboxylic acids is 4. The number of hydrogen-bond donors (Lipinski definition) is 0. The Morgan fingerprint density at radius 3 is 1.24 bits per heavy atom. The van der Waals surface area contributed by atoms with Crippen LogP contribution in [-0.4, -0.2) is 112 Å². The molecule has 0 fully saturated rings. The zero-order chi connectivity index (χ0) is 34.7. The second kappa shape index (κ2) is 17.2. The molecule has 254 valence electrons. The first kappa shape index (κ1) is 38.4. The lowest BCUT2D eigenvalue weighted by atomic mass is 10.0. The number of para-hydroxylation sites is 2. The van der Waals surface area contributed by atoms with Crippen LogP contribution >= 0.6 is 0 Å². The summed E-state index contributed by atoms with van der Waals surface area (Å²) in [4.78, 5) is 53.0. The Hall–Kier alpha value is -3.76. The molecule has 2 unspecified atom stereocenters. The van der Waals surface area contributed by atoms with Crippen LogP contribution in [0.4, 0.5) is 9.59 Å². The largest absolute Gasteiger partial charge is 0.414 e. The average Bonchev–Trinajstić information content (AvgIpc) is 2.98. The molecule has 46 heavy (non-hydrogen) atoms. The van der Waals surface area contributed by atoms with E-state index in [0.29, 0.717) is 46.4 Å². The number of amides is 2. The molecule has 2 aromatic carbocycles. The van der Waals surface area contributed by atoms with Crippen molar-refractivity contribution in [2.24, 2.45) is 0 Å². The van der Waals surface area contributed by atoms with Crippen molar-refractivity contribution < 1.29 is 37.6 Å². The number of carbonyl (C=O) groups is 4. The van der Waals surface area contributed by atoms with Crippen LogP contribution in [-0.2, 0) is 9.59 Å². The van der Waals surface area contributed by atoms with Gasteiger partial charge in [0, 0.05) is 41.0 Å². The molecule has 0 aliphatic rings. The molecule has 10 nitrogen and oxygen atoms in total. The minimum Gasteiger partial charge on any atom is -0.410 e. The van der Waals surface area contributed by atoms with Gasteiger partial charge in [-0.2, -0.15) is 0 Å². The third-order valence-corrected chi connectivity index (χ3v) is 8.79. The minimum atomic E-state index is -0.439. The first-order chi connectivity index (χ1) is 21.5. The molecule has 0 aliphatic carbocycles. The van der Waals surface area contributed by atoms with Crippen molar-refractivity contribution in [1.82, 2.24) is 9.80 Å². The van der Waals surface area contributed by atoms with Crippen molar-refractivity contribution in [1.29, 1.82) is 0 Å². The summed E-state index contributed by atoms with van der Waals surface area (Å²) >= 11 is 0. The van der Waals surface area contributed by atoms with E-state index >= 15 is 0 Å². The van der Waals surface area contributed by atoms with E-state index in [4.69, 9.17) is 9.47 Å². The van der Waals surface area contributed by atoms with Gasteiger partial charge in [0.2, 0.25) is 0 Å². The lowest BCUT2D eigenvalue weighted by Crippen LogP contribution is -2.46. The summed E-state index contributed by atoms with van der Waals surface area (Å²) in [6.07, 6.45) is 3.49. The normalized spacial score (nSPS) is 13.0. The maximum Gasteiger partial charge on any atom is 0.414 e. The van der Waals surface area contributed by atoms with Gasteiger partial charge in [-0.25, -0.2) is 9.59 Å². The van der Waals surface area contributed by atoms with Crippen molar-refractivity contribution in [2.45, 2.75) is 64.5 Å². The van der Waals surface area contributed by atoms with Gasteiger partial charge in [-0.05, 0) is 51.0 Å². The molecule has 0 radical (unpaired) electrons. The Morgan fingerprint density at radius 1 is 0.587 bits per heavy atom. The standard InChI is InChI=1S/C36H56N4O6/c1-27(31-21-15-17-23-33(31)45-35(43)37(3)4)39(7,8)25-29(41)19-13-11-12-14-20-30(42)26-40(9,10)28(2)32-22-16-18-24-34(32)46-36(44)38(5)6/h15-18,21-24,27-28H,11-14,19-20,25-26H2,1-10H3/q+2. The zero-order valence-electron chi connectivity index (χ0n) is 29.7. The lowest BCUT2D eigenvalue weighted by Gasteiger charge is -2.36. The number of unbranched alkanes of at least 4 members (excludes halogenated alkanes) is 3. The number of benzene rings is 2. The summed E-state index contributed by atoms with van der Waals surface area (Å²) in [7, 11) is 14.7. The molecule has 2 rings (SSSR count). The van der Waals surface area contributed by atoms with Gasteiger partial charge in [0.1, 0.15) is 36.7 Å². The quantitative estimate of drug-likeness (QED) is 0.150. The van der Waals surface area contributed by atoms with Crippen molar-refractivity contribution in [3.05, 3.63) is 59.7 Å². The summed E-state index contributed by atoms with van der Waals surface area (Å²) in [6.45, 7) is 4.84. The lowest BCUT2D eigenvalue weighted by molar-refractivity contribution is -0.911. The number of ether oxygens (including phenoxy) is 2. The summed E-state index contributed by atoms with van der Waals surface area (Å²) in [5.41, 5.74) is 1.77. The fourth-order valence-corrected chi connectivity index (χ4v) is 5.30. The van der Waals surface area contributed by atoms with Crippen LogP contribution in [0, 0.1) is 0 Å². The van der Waals surface area contributed by atoms with Crippen LogP contribution in [0.2, 0.25) is 0 Å². The molecule has 10 heteroatoms. The van der Waals surface area contributed by atoms with Crippen molar-refractivity contribution in [2.75, 3.05) is 69.5 Å². The summed E-state index contributed by atoms with van der Waals surface area (Å²) in [5, 5.41) is 0. The fourth-order valence-electron chi connectivity index (χ4n) is 5.30. The van der Waals surface area contributed by atoms with Crippen molar-refractivity contribution >= 4 is 23.8 Å². The topological polar surface area (TPSA) is 93.2 Å². The molecular weight excluding hydrogens is 584 g/mol. The number of nitrogens with zero attached hydrogens (tertiary/aromatic N) is 4. The Morgan fingerprint density at radius 2 is 0.913 bits per heavy atom. The third kappa shape index (κ3) is 11.6. The van der Waals surface area contributed by atoms with Crippen LogP contribution in [0.1, 0.15) is 75.6 Å². The monoisotopic (exact) mass is 640 g/mol. The summed E-state index contributed by atoms with van der Waals surface area (Å²) in [5.74, 6) is 1.41. The number of ketones is 2. The predicted molar refractivity (Wildman–Crippen MR) is 181 cm³/mol. The van der Waals surface area contributed by atoms with Gasteiger partial charge in [-0.15, -0.1) is 0 Å². The second-order valence-electron chi connectivity index (χ2n) is 13.8. The van der Waals surface area contributed by atoms with Crippen LogP contribution < -0.4 is 9.47 Å². The number of hydrogen-bond acceptors (Lipinski definition) is 6. The van der Waals surface area contributed by atoms with Crippen LogP contribution in [0.15, 0.2) is 48.5 Å². The smallest absolute Gasteiger partial charge is 0.410 e. The SMILES string of the molecule is CC(c1ccccc1OC(=O)N(C)C)[N+](C)(C)CC(=O)CCCCCCC(=O)C[N+](C)(C)C(C)c1ccccc1OC(=O)N(C)C. The van der Waals surface area contributed by atoms with E-state index in [1.54, 1.807) is 40.3 Å². The first-order valence-corrected chi connectivity index (χ1v) is 16.1. The molecule has 2 amide bonds. The van der Waals surface area contributed by atoms with Gasteiger partial charge in [0.15, 0.2) is 11.6 Å². The Bertz CT molecular complexity index is 1240. The number of Topliss-reactive ketones (excluding diaryl/α,β-unsaturated/α-hetero) is 2. The number of likely N-dealkylation sites (N-methyl/N-ethyl adjacent to an activating group) is 2. The van der Waals surface area contributed by atoms with E-state index in [0.717, 1.165) is 36.8 Å².